The summed E-state index contributed by atoms with van der Waals surface area (Å²) in [6.45, 7) is 1.91. The molecule has 0 saturated carbocycles. The van der Waals surface area contributed by atoms with E-state index in [1.54, 1.807) is 0 Å². The number of hydrogen-bond acceptors (Lipinski definition) is 4. The number of fused-ring (bicyclic) bond motifs is 1. The van der Waals surface area contributed by atoms with Gasteiger partial charge in [0.25, 0.3) is 10.1 Å². The number of benzene rings is 1. The summed E-state index contributed by atoms with van der Waals surface area (Å²) in [5, 5.41) is 13.1. The Morgan fingerprint density at radius 1 is 1.53 bits per heavy atom. The second-order valence-electron chi connectivity index (χ2n) is 4.12. The van der Waals surface area contributed by atoms with Crippen molar-refractivity contribution in [3.05, 3.63) is 16.7 Å². The minimum absolute atomic E-state index is 0.112. The molecule has 1 aliphatic heterocycles. The third-order valence-electron chi connectivity index (χ3n) is 2.81. The molecule has 2 rings (SSSR count). The Bertz CT molecular complexity index is 570. The molecule has 1 aromatic rings. The van der Waals surface area contributed by atoms with Gasteiger partial charge in [-0.25, -0.2) is 0 Å². The minimum Gasteiger partial charge on any atom is -0.504 e. The lowest BCUT2D eigenvalue weighted by Gasteiger charge is -2.26. The summed E-state index contributed by atoms with van der Waals surface area (Å²) in [6, 6.07) is 1.18. The lowest BCUT2D eigenvalue weighted by molar-refractivity contribution is 0.442. The zero-order valence-electron chi connectivity index (χ0n) is 9.07. The molecule has 1 unspecified atom stereocenters. The summed E-state index contributed by atoms with van der Waals surface area (Å²) in [7, 11) is -4.48. The fourth-order valence-corrected chi connectivity index (χ4v) is 2.91. The molecule has 0 amide bonds. The number of anilines is 1. The number of phenols is 1. The average molecular weight is 278 g/mol. The molecule has 1 atom stereocenters. The molecule has 0 fully saturated rings. The van der Waals surface area contributed by atoms with Crippen LogP contribution in [0.1, 0.15) is 18.9 Å². The molecular weight excluding hydrogens is 266 g/mol. The fraction of sp³-hybridized carbons (Fsp3) is 0.400. The normalized spacial score (nSPS) is 19.6. The molecule has 1 heterocycles. The Morgan fingerprint density at radius 2 is 2.18 bits per heavy atom. The molecule has 7 heteroatoms. The summed E-state index contributed by atoms with van der Waals surface area (Å²) < 4.78 is 31.2. The smallest absolute Gasteiger partial charge is 0.298 e. The minimum atomic E-state index is -4.48. The van der Waals surface area contributed by atoms with Crippen LogP contribution in [0, 0.1) is 0 Å². The third kappa shape index (κ3) is 2.20. The van der Waals surface area contributed by atoms with Crippen LogP contribution < -0.4 is 5.32 Å². The standard InChI is InChI=1S/C10H12ClNO4S/c1-5-2-3-6-7(11)4-8(17(14,15)16)10(13)9(6)12-5/h4-5,12-13H,2-3H2,1H3,(H,14,15,16). The zero-order valence-corrected chi connectivity index (χ0v) is 10.6. The molecule has 0 radical (unpaired) electrons. The van der Waals surface area contributed by atoms with Crippen molar-refractivity contribution < 1.29 is 18.1 Å². The highest BCUT2D eigenvalue weighted by molar-refractivity contribution is 7.86. The molecule has 0 bridgehead atoms. The first-order chi connectivity index (χ1) is 7.80. The summed E-state index contributed by atoms with van der Waals surface area (Å²) in [6.07, 6.45) is 1.50. The second kappa shape index (κ2) is 4.04. The van der Waals surface area contributed by atoms with Crippen LogP contribution in [0.25, 0.3) is 0 Å². The zero-order chi connectivity index (χ0) is 12.8. The van der Waals surface area contributed by atoms with Crippen molar-refractivity contribution >= 4 is 27.4 Å². The Labute approximate surface area is 104 Å². The van der Waals surface area contributed by atoms with Crippen molar-refractivity contribution in [1.82, 2.24) is 0 Å². The lowest BCUT2D eigenvalue weighted by Crippen LogP contribution is -2.22. The monoisotopic (exact) mass is 277 g/mol. The number of nitrogens with one attached hydrogen (secondary N) is 1. The van der Waals surface area contributed by atoms with Gasteiger partial charge in [0.05, 0.1) is 5.69 Å². The largest absolute Gasteiger partial charge is 0.504 e. The predicted molar refractivity (Wildman–Crippen MR) is 64.3 cm³/mol. The van der Waals surface area contributed by atoms with E-state index in [1.807, 2.05) is 6.92 Å². The van der Waals surface area contributed by atoms with Gasteiger partial charge >= 0.3 is 0 Å². The van der Waals surface area contributed by atoms with Crippen molar-refractivity contribution in [3.8, 4) is 5.75 Å². The van der Waals surface area contributed by atoms with E-state index < -0.39 is 20.8 Å². The van der Waals surface area contributed by atoms with Gasteiger partial charge in [0, 0.05) is 11.1 Å². The number of rotatable bonds is 1. The molecule has 5 nitrogen and oxygen atoms in total. The van der Waals surface area contributed by atoms with Crippen molar-refractivity contribution in [1.29, 1.82) is 0 Å². The molecule has 0 aromatic heterocycles. The maximum absolute atomic E-state index is 11.1. The van der Waals surface area contributed by atoms with Gasteiger partial charge in [0.2, 0.25) is 0 Å². The van der Waals surface area contributed by atoms with Crippen LogP contribution in [0.5, 0.6) is 5.75 Å². The molecule has 0 aliphatic carbocycles. The van der Waals surface area contributed by atoms with Gasteiger partial charge < -0.3 is 10.4 Å². The van der Waals surface area contributed by atoms with Gasteiger partial charge in [0.15, 0.2) is 5.75 Å². The van der Waals surface area contributed by atoms with Crippen molar-refractivity contribution in [3.63, 3.8) is 0 Å². The molecule has 1 aromatic carbocycles. The molecule has 17 heavy (non-hydrogen) atoms. The van der Waals surface area contributed by atoms with Gasteiger partial charge in [-0.15, -0.1) is 0 Å². The van der Waals surface area contributed by atoms with E-state index in [9.17, 15) is 13.5 Å². The van der Waals surface area contributed by atoms with E-state index in [0.29, 0.717) is 17.7 Å². The van der Waals surface area contributed by atoms with Crippen LogP contribution in [0.15, 0.2) is 11.0 Å². The highest BCUT2D eigenvalue weighted by Crippen LogP contribution is 2.42. The van der Waals surface area contributed by atoms with Gasteiger partial charge in [0.1, 0.15) is 4.90 Å². The maximum atomic E-state index is 11.1. The van der Waals surface area contributed by atoms with E-state index in [4.69, 9.17) is 16.2 Å². The van der Waals surface area contributed by atoms with Crippen LogP contribution in [-0.4, -0.2) is 24.1 Å². The molecular formula is C10H12ClNO4S. The van der Waals surface area contributed by atoms with Crippen molar-refractivity contribution in [2.24, 2.45) is 0 Å². The van der Waals surface area contributed by atoms with Gasteiger partial charge in [-0.3, -0.25) is 4.55 Å². The van der Waals surface area contributed by atoms with E-state index in [0.717, 1.165) is 12.5 Å². The summed E-state index contributed by atoms with van der Waals surface area (Å²) in [5.41, 5.74) is 0.971. The Kier molecular flexibility index (Phi) is 2.97. The highest BCUT2D eigenvalue weighted by Gasteiger charge is 2.26. The van der Waals surface area contributed by atoms with Crippen LogP contribution in [0.4, 0.5) is 5.69 Å². The number of phenolic OH excluding ortho intramolecular Hbond substituents is 1. The molecule has 0 spiro atoms. The SMILES string of the molecule is CC1CCc2c(Cl)cc(S(=O)(=O)O)c(O)c2N1. The van der Waals surface area contributed by atoms with Crippen LogP contribution in [-0.2, 0) is 16.5 Å². The van der Waals surface area contributed by atoms with Crippen molar-refractivity contribution in [2.45, 2.75) is 30.7 Å². The predicted octanol–water partition coefficient (Wildman–Crippen LogP) is 2.04. The van der Waals surface area contributed by atoms with Crippen LogP contribution in [0.2, 0.25) is 5.02 Å². The number of aromatic hydroxyl groups is 1. The summed E-state index contributed by atoms with van der Waals surface area (Å²) in [4.78, 5) is -0.567. The molecule has 3 N–H and O–H groups in total. The fourth-order valence-electron chi connectivity index (χ4n) is 1.93. The Hall–Kier alpha value is -0.980. The van der Waals surface area contributed by atoms with Crippen molar-refractivity contribution in [2.75, 3.05) is 5.32 Å². The number of halogens is 1. The quantitative estimate of drug-likeness (QED) is 0.540. The van der Waals surface area contributed by atoms with Gasteiger partial charge in [-0.2, -0.15) is 8.42 Å². The van der Waals surface area contributed by atoms with Gasteiger partial charge in [-0.05, 0) is 31.4 Å². The summed E-state index contributed by atoms with van der Waals surface area (Å²) in [5.74, 6) is -0.474. The molecule has 0 saturated heterocycles. The van der Waals surface area contributed by atoms with E-state index >= 15 is 0 Å². The third-order valence-corrected chi connectivity index (χ3v) is 4.02. The topological polar surface area (TPSA) is 86.6 Å². The summed E-state index contributed by atoms with van der Waals surface area (Å²) >= 11 is 5.95. The van der Waals surface area contributed by atoms with Crippen LogP contribution in [0.3, 0.4) is 0 Å². The lowest BCUT2D eigenvalue weighted by atomic mass is 9.98. The van der Waals surface area contributed by atoms with Crippen LogP contribution >= 0.6 is 11.6 Å². The second-order valence-corrected chi connectivity index (χ2v) is 5.91. The maximum Gasteiger partial charge on any atom is 0.298 e. The van der Waals surface area contributed by atoms with Gasteiger partial charge in [-0.1, -0.05) is 11.6 Å². The average Bonchev–Trinajstić information content (AvgIpc) is 2.21. The number of hydrogen-bond donors (Lipinski definition) is 3. The first-order valence-electron chi connectivity index (χ1n) is 5.09. The molecule has 94 valence electrons. The van der Waals surface area contributed by atoms with E-state index in [2.05, 4.69) is 5.32 Å². The van der Waals surface area contributed by atoms with E-state index in [1.165, 1.54) is 0 Å². The first kappa shape index (κ1) is 12.5. The Morgan fingerprint density at radius 3 is 2.76 bits per heavy atom. The first-order valence-corrected chi connectivity index (χ1v) is 6.91. The molecule has 1 aliphatic rings. The Balaban J connectivity index is 2.69. The van der Waals surface area contributed by atoms with E-state index in [-0.39, 0.29) is 11.1 Å². The highest BCUT2D eigenvalue weighted by atomic mass is 35.5.